The first-order valence-corrected chi connectivity index (χ1v) is 7.20. The second-order valence-corrected chi connectivity index (χ2v) is 6.25. The lowest BCUT2D eigenvalue weighted by Gasteiger charge is -2.15. The zero-order valence-corrected chi connectivity index (χ0v) is 12.7. The maximum Gasteiger partial charge on any atom is 0.0900 e. The third-order valence-electron chi connectivity index (χ3n) is 2.64. The Morgan fingerprint density at radius 2 is 2.00 bits per heavy atom. The molecule has 0 saturated carbocycles. The van der Waals surface area contributed by atoms with Crippen LogP contribution in [-0.4, -0.2) is 4.98 Å². The summed E-state index contributed by atoms with van der Waals surface area (Å²) in [6.45, 7) is 6.15. The Bertz CT molecular complexity index is 566. The molecule has 0 aliphatic carbocycles. The number of benzene rings is 1. The summed E-state index contributed by atoms with van der Waals surface area (Å²) in [5, 5.41) is 5.74. The Balaban J connectivity index is 2.21. The summed E-state index contributed by atoms with van der Waals surface area (Å²) < 4.78 is 0. The van der Waals surface area contributed by atoms with Crippen LogP contribution in [0.2, 0.25) is 10.0 Å². The Labute approximate surface area is 121 Å². The van der Waals surface area contributed by atoms with Crippen LogP contribution in [0.4, 0.5) is 5.69 Å². The van der Waals surface area contributed by atoms with Gasteiger partial charge in [0.05, 0.1) is 27.5 Å². The molecule has 1 N–H and O–H groups in total. The van der Waals surface area contributed by atoms with Gasteiger partial charge in [0.15, 0.2) is 0 Å². The molecular formula is C13H14Cl2N2S. The first-order chi connectivity index (χ1) is 8.47. The lowest BCUT2D eigenvalue weighted by molar-refractivity contribution is 0.890. The number of thiazole rings is 1. The normalized spacial score (nSPS) is 12.5. The second kappa shape index (κ2) is 5.47. The third-order valence-corrected chi connectivity index (χ3v) is 4.44. The first-order valence-electron chi connectivity index (χ1n) is 5.63. The molecule has 1 heterocycles. The van der Waals surface area contributed by atoms with Crippen molar-refractivity contribution in [2.45, 2.75) is 26.8 Å². The first kappa shape index (κ1) is 13.7. The van der Waals surface area contributed by atoms with Crippen molar-refractivity contribution in [1.29, 1.82) is 0 Å². The third kappa shape index (κ3) is 2.97. The molecule has 0 fully saturated rings. The van der Waals surface area contributed by atoms with Gasteiger partial charge >= 0.3 is 0 Å². The molecule has 2 rings (SSSR count). The number of nitrogens with one attached hydrogen (secondary N) is 1. The minimum atomic E-state index is 0.176. The van der Waals surface area contributed by atoms with E-state index in [1.807, 2.05) is 26.0 Å². The summed E-state index contributed by atoms with van der Waals surface area (Å²) in [7, 11) is 0. The second-order valence-electron chi connectivity index (χ2n) is 4.17. The molecule has 0 saturated heterocycles. The van der Waals surface area contributed by atoms with Crippen molar-refractivity contribution in [2.24, 2.45) is 0 Å². The van der Waals surface area contributed by atoms with Gasteiger partial charge in [0, 0.05) is 9.90 Å². The van der Waals surface area contributed by atoms with Gasteiger partial charge in [0.2, 0.25) is 0 Å². The van der Waals surface area contributed by atoms with Gasteiger partial charge in [-0.3, -0.25) is 0 Å². The van der Waals surface area contributed by atoms with Crippen molar-refractivity contribution in [3.05, 3.63) is 43.8 Å². The monoisotopic (exact) mass is 300 g/mol. The van der Waals surface area contributed by atoms with E-state index >= 15 is 0 Å². The van der Waals surface area contributed by atoms with Crippen LogP contribution >= 0.6 is 34.5 Å². The van der Waals surface area contributed by atoms with Crippen molar-refractivity contribution < 1.29 is 0 Å². The smallest absolute Gasteiger partial charge is 0.0900 e. The zero-order valence-electron chi connectivity index (χ0n) is 10.4. The van der Waals surface area contributed by atoms with E-state index in [9.17, 15) is 0 Å². The number of hydrogen-bond acceptors (Lipinski definition) is 3. The highest BCUT2D eigenvalue weighted by Crippen LogP contribution is 2.31. The van der Waals surface area contributed by atoms with Gasteiger partial charge in [-0.15, -0.1) is 11.3 Å². The summed E-state index contributed by atoms with van der Waals surface area (Å²) >= 11 is 13.7. The van der Waals surface area contributed by atoms with E-state index < -0.39 is 0 Å². The Morgan fingerprint density at radius 1 is 1.28 bits per heavy atom. The molecule has 1 unspecified atom stereocenters. The summed E-state index contributed by atoms with van der Waals surface area (Å²) in [6, 6.07) is 5.63. The molecule has 1 aromatic carbocycles. The molecule has 1 atom stereocenters. The molecule has 1 aromatic heterocycles. The molecule has 0 bridgehead atoms. The molecule has 0 aliphatic rings. The van der Waals surface area contributed by atoms with Crippen LogP contribution in [0.5, 0.6) is 0 Å². The van der Waals surface area contributed by atoms with Crippen LogP contribution in [-0.2, 0) is 0 Å². The van der Waals surface area contributed by atoms with Crippen molar-refractivity contribution in [1.82, 2.24) is 4.98 Å². The molecule has 5 heteroatoms. The highest BCUT2D eigenvalue weighted by atomic mass is 35.5. The fourth-order valence-electron chi connectivity index (χ4n) is 1.85. The van der Waals surface area contributed by atoms with Gasteiger partial charge in [0.1, 0.15) is 0 Å². The van der Waals surface area contributed by atoms with E-state index in [-0.39, 0.29) is 6.04 Å². The molecule has 0 radical (unpaired) electrons. The van der Waals surface area contributed by atoms with Gasteiger partial charge in [-0.1, -0.05) is 23.2 Å². The molecule has 2 aromatic rings. The highest BCUT2D eigenvalue weighted by Gasteiger charge is 2.13. The summed E-state index contributed by atoms with van der Waals surface area (Å²) in [6.07, 6.45) is 0. The Hall–Kier alpha value is -0.770. The van der Waals surface area contributed by atoms with Crippen molar-refractivity contribution in [3.8, 4) is 0 Å². The lowest BCUT2D eigenvalue weighted by Crippen LogP contribution is -2.06. The van der Waals surface area contributed by atoms with Gasteiger partial charge in [-0.25, -0.2) is 4.98 Å². The van der Waals surface area contributed by atoms with Crippen molar-refractivity contribution >= 4 is 40.2 Å². The maximum absolute atomic E-state index is 6.15. The minimum absolute atomic E-state index is 0.176. The largest absolute Gasteiger partial charge is 0.376 e. The zero-order chi connectivity index (χ0) is 13.3. The predicted octanol–water partition coefficient (Wildman–Crippen LogP) is 5.24. The van der Waals surface area contributed by atoms with E-state index in [1.165, 1.54) is 4.88 Å². The summed E-state index contributed by atoms with van der Waals surface area (Å²) in [5.74, 6) is 0. The number of halogens is 2. The van der Waals surface area contributed by atoms with Crippen LogP contribution in [0.15, 0.2) is 18.2 Å². The van der Waals surface area contributed by atoms with Gasteiger partial charge in [0.25, 0.3) is 0 Å². The standard InChI is InChI=1S/C13H14Cl2N2S/c1-7-13(18-9(3)16-7)8(2)17-12-5-4-10(14)6-11(12)15/h4-6,8,17H,1-3H3. The molecule has 2 nitrogen and oxygen atoms in total. The average molecular weight is 301 g/mol. The van der Waals surface area contributed by atoms with Gasteiger partial charge in [-0.05, 0) is 39.0 Å². The maximum atomic E-state index is 6.15. The Morgan fingerprint density at radius 3 is 2.56 bits per heavy atom. The van der Waals surface area contributed by atoms with Crippen LogP contribution in [0.3, 0.4) is 0 Å². The molecule has 18 heavy (non-hydrogen) atoms. The van der Waals surface area contributed by atoms with E-state index in [0.29, 0.717) is 10.0 Å². The van der Waals surface area contributed by atoms with Crippen LogP contribution in [0.1, 0.15) is 28.5 Å². The minimum Gasteiger partial charge on any atom is -0.376 e. The predicted molar refractivity (Wildman–Crippen MR) is 80.1 cm³/mol. The van der Waals surface area contributed by atoms with E-state index in [2.05, 4.69) is 17.2 Å². The van der Waals surface area contributed by atoms with Gasteiger partial charge < -0.3 is 5.32 Å². The van der Waals surface area contributed by atoms with E-state index in [4.69, 9.17) is 23.2 Å². The fourth-order valence-corrected chi connectivity index (χ4v) is 3.25. The quantitative estimate of drug-likeness (QED) is 0.838. The average Bonchev–Trinajstić information content (AvgIpc) is 2.62. The number of anilines is 1. The van der Waals surface area contributed by atoms with Crippen molar-refractivity contribution in [3.63, 3.8) is 0 Å². The highest BCUT2D eigenvalue weighted by molar-refractivity contribution is 7.11. The molecule has 0 aliphatic heterocycles. The molecule has 0 amide bonds. The summed E-state index contributed by atoms with van der Waals surface area (Å²) in [5.41, 5.74) is 1.96. The Kier molecular flexibility index (Phi) is 4.15. The topological polar surface area (TPSA) is 24.9 Å². The van der Waals surface area contributed by atoms with Crippen LogP contribution in [0.25, 0.3) is 0 Å². The van der Waals surface area contributed by atoms with E-state index in [1.54, 1.807) is 17.4 Å². The van der Waals surface area contributed by atoms with Gasteiger partial charge in [-0.2, -0.15) is 0 Å². The SMILES string of the molecule is Cc1nc(C)c(C(C)Nc2ccc(Cl)cc2Cl)s1. The number of aromatic nitrogens is 1. The molecule has 0 spiro atoms. The van der Waals surface area contributed by atoms with Crippen LogP contribution in [0, 0.1) is 13.8 Å². The number of aryl methyl sites for hydroxylation is 2. The molecular weight excluding hydrogens is 287 g/mol. The van der Waals surface area contributed by atoms with Crippen molar-refractivity contribution in [2.75, 3.05) is 5.32 Å². The number of hydrogen-bond donors (Lipinski definition) is 1. The number of rotatable bonds is 3. The van der Waals surface area contributed by atoms with Crippen LogP contribution < -0.4 is 5.32 Å². The lowest BCUT2D eigenvalue weighted by atomic mass is 10.2. The molecule has 96 valence electrons. The summed E-state index contributed by atoms with van der Waals surface area (Å²) in [4.78, 5) is 5.67. The van der Waals surface area contributed by atoms with E-state index in [0.717, 1.165) is 16.4 Å². The number of nitrogens with zero attached hydrogens (tertiary/aromatic N) is 1. The fraction of sp³-hybridized carbons (Fsp3) is 0.308.